The number of allylic oxidation sites excluding steroid dienone is 1. The molecule has 2 aliphatic carbocycles. The van der Waals surface area contributed by atoms with Gasteiger partial charge in [0.15, 0.2) is 0 Å². The van der Waals surface area contributed by atoms with Crippen LogP contribution in [0.4, 0.5) is 0 Å². The highest BCUT2D eigenvalue weighted by Gasteiger charge is 2.41. The van der Waals surface area contributed by atoms with Crippen molar-refractivity contribution in [1.29, 1.82) is 0 Å². The van der Waals surface area contributed by atoms with Gasteiger partial charge in [-0.3, -0.25) is 4.79 Å². The molecular formula is C14H20O2. The van der Waals surface area contributed by atoms with Crippen LogP contribution in [0.5, 0.6) is 0 Å². The molecule has 16 heavy (non-hydrogen) atoms. The van der Waals surface area contributed by atoms with E-state index in [2.05, 4.69) is 12.7 Å². The number of aliphatic hydroxyl groups excluding tert-OH is 1. The Balaban J connectivity index is 2.34. The summed E-state index contributed by atoms with van der Waals surface area (Å²) in [6.45, 7) is 7.77. The summed E-state index contributed by atoms with van der Waals surface area (Å²) in [5, 5.41) is 10.1. The fraction of sp³-hybridized carbons (Fsp3) is 0.643. The number of ketones is 1. The zero-order valence-corrected chi connectivity index (χ0v) is 10.1. The summed E-state index contributed by atoms with van der Waals surface area (Å²) < 4.78 is 0. The number of aliphatic hydroxyl groups is 1. The van der Waals surface area contributed by atoms with Crippen LogP contribution in [-0.2, 0) is 4.79 Å². The highest BCUT2D eigenvalue weighted by atomic mass is 16.3. The second-order valence-corrected chi connectivity index (χ2v) is 5.30. The number of hydrogen-bond acceptors (Lipinski definition) is 2. The van der Waals surface area contributed by atoms with Crippen LogP contribution in [0.25, 0.3) is 0 Å². The average Bonchev–Trinajstić information content (AvgIpc) is 2.15. The summed E-state index contributed by atoms with van der Waals surface area (Å²) in [6, 6.07) is 0. The van der Waals surface area contributed by atoms with Crippen molar-refractivity contribution in [3.05, 3.63) is 23.8 Å². The number of fused-ring (bicyclic) bond motifs is 1. The number of carbonyl (C=O) groups is 1. The van der Waals surface area contributed by atoms with Crippen molar-refractivity contribution in [3.63, 3.8) is 0 Å². The van der Waals surface area contributed by atoms with E-state index in [4.69, 9.17) is 0 Å². The molecular weight excluding hydrogens is 200 g/mol. The zero-order chi connectivity index (χ0) is 11.9. The molecule has 0 aromatic heterocycles. The molecule has 0 spiro atoms. The van der Waals surface area contributed by atoms with E-state index >= 15 is 0 Å². The molecule has 0 aliphatic heterocycles. The minimum atomic E-state index is -0.343. The molecule has 1 saturated carbocycles. The minimum absolute atomic E-state index is 0.0837. The Hall–Kier alpha value is -0.890. The highest BCUT2D eigenvalue weighted by molar-refractivity contribution is 5.79. The third kappa shape index (κ3) is 1.86. The maximum Gasteiger partial charge on any atom is 0.133 e. The van der Waals surface area contributed by atoms with Crippen molar-refractivity contribution in [2.45, 2.75) is 39.2 Å². The lowest BCUT2D eigenvalue weighted by molar-refractivity contribution is -0.123. The largest absolute Gasteiger partial charge is 0.392 e. The number of hydrogen-bond donors (Lipinski definition) is 1. The maximum atomic E-state index is 11.6. The normalized spacial score (nSPS) is 38.9. The molecule has 2 aliphatic rings. The van der Waals surface area contributed by atoms with Crippen LogP contribution in [0.2, 0.25) is 0 Å². The Bertz CT molecular complexity index is 354. The summed E-state index contributed by atoms with van der Waals surface area (Å²) in [6.07, 6.45) is 4.35. The first-order valence-corrected chi connectivity index (χ1v) is 6.04. The second kappa shape index (κ2) is 4.17. The maximum absolute atomic E-state index is 11.6. The van der Waals surface area contributed by atoms with Crippen LogP contribution >= 0.6 is 0 Å². The fourth-order valence-corrected chi connectivity index (χ4v) is 3.30. The first kappa shape index (κ1) is 11.6. The van der Waals surface area contributed by atoms with Crippen LogP contribution in [0, 0.1) is 17.8 Å². The van der Waals surface area contributed by atoms with Crippen molar-refractivity contribution in [2.24, 2.45) is 17.8 Å². The van der Waals surface area contributed by atoms with Gasteiger partial charge in [-0.05, 0) is 39.0 Å². The topological polar surface area (TPSA) is 37.3 Å². The van der Waals surface area contributed by atoms with Crippen LogP contribution in [0.15, 0.2) is 23.8 Å². The van der Waals surface area contributed by atoms with E-state index in [-0.39, 0.29) is 29.6 Å². The lowest BCUT2D eigenvalue weighted by Crippen LogP contribution is -2.41. The standard InChI is InChI=1S/C14H20O2/c1-8-6-12-11(10(3)15)5-4-9(2)14(12)13(16)7-8/h6,11-14,16H,2,4-5,7H2,1,3H3/t11-,12-,13-,14-/m1/s1. The molecule has 0 radical (unpaired) electrons. The third-order valence-electron chi connectivity index (χ3n) is 4.07. The molecule has 2 heteroatoms. The van der Waals surface area contributed by atoms with Gasteiger partial charge in [0.05, 0.1) is 6.10 Å². The van der Waals surface area contributed by atoms with Crippen LogP contribution in [0.3, 0.4) is 0 Å². The molecule has 0 aromatic rings. The van der Waals surface area contributed by atoms with E-state index in [1.807, 2.05) is 6.92 Å². The smallest absolute Gasteiger partial charge is 0.133 e. The van der Waals surface area contributed by atoms with Crippen molar-refractivity contribution in [1.82, 2.24) is 0 Å². The number of rotatable bonds is 1. The Morgan fingerprint density at radius 1 is 1.56 bits per heavy atom. The molecule has 0 bridgehead atoms. The molecule has 88 valence electrons. The van der Waals surface area contributed by atoms with E-state index in [1.54, 1.807) is 6.92 Å². The van der Waals surface area contributed by atoms with Crippen LogP contribution < -0.4 is 0 Å². The Kier molecular flexibility index (Phi) is 3.02. The lowest BCUT2D eigenvalue weighted by Gasteiger charge is -2.42. The average molecular weight is 220 g/mol. The van der Waals surface area contributed by atoms with E-state index in [1.165, 1.54) is 5.57 Å². The van der Waals surface area contributed by atoms with Crippen LogP contribution in [-0.4, -0.2) is 17.0 Å². The SMILES string of the molecule is C=C1CC[C@H](C(C)=O)[C@H]2C=C(C)C[C@@H](O)[C@H]12. The predicted molar refractivity (Wildman–Crippen MR) is 63.9 cm³/mol. The van der Waals surface area contributed by atoms with Gasteiger partial charge in [-0.1, -0.05) is 23.8 Å². The summed E-state index contributed by atoms with van der Waals surface area (Å²) in [5.74, 6) is 0.620. The molecule has 4 atom stereocenters. The Labute approximate surface area is 97.0 Å². The first-order valence-electron chi connectivity index (χ1n) is 6.04. The Morgan fingerprint density at radius 2 is 2.25 bits per heavy atom. The van der Waals surface area contributed by atoms with E-state index in [9.17, 15) is 9.90 Å². The van der Waals surface area contributed by atoms with Gasteiger partial charge in [-0.25, -0.2) is 0 Å². The summed E-state index contributed by atoms with van der Waals surface area (Å²) in [7, 11) is 0. The fourth-order valence-electron chi connectivity index (χ4n) is 3.30. The van der Waals surface area contributed by atoms with E-state index in [0.717, 1.165) is 24.8 Å². The van der Waals surface area contributed by atoms with Gasteiger partial charge in [0.1, 0.15) is 5.78 Å². The molecule has 1 fully saturated rings. The van der Waals surface area contributed by atoms with E-state index < -0.39 is 0 Å². The quantitative estimate of drug-likeness (QED) is 0.689. The minimum Gasteiger partial charge on any atom is -0.392 e. The van der Waals surface area contributed by atoms with Crippen LogP contribution in [0.1, 0.15) is 33.1 Å². The van der Waals surface area contributed by atoms with E-state index in [0.29, 0.717) is 0 Å². The summed E-state index contributed by atoms with van der Waals surface area (Å²) in [4.78, 5) is 11.6. The van der Waals surface area contributed by atoms with Gasteiger partial charge in [0, 0.05) is 11.8 Å². The van der Waals surface area contributed by atoms with Crippen molar-refractivity contribution in [3.8, 4) is 0 Å². The molecule has 0 saturated heterocycles. The van der Waals surface area contributed by atoms with Crippen molar-refractivity contribution >= 4 is 5.78 Å². The molecule has 0 amide bonds. The Morgan fingerprint density at radius 3 is 2.88 bits per heavy atom. The number of carbonyl (C=O) groups excluding carboxylic acids is 1. The predicted octanol–water partition coefficient (Wildman–Crippen LogP) is 2.48. The van der Waals surface area contributed by atoms with Crippen molar-refractivity contribution < 1.29 is 9.90 Å². The third-order valence-corrected chi connectivity index (χ3v) is 4.07. The second-order valence-electron chi connectivity index (χ2n) is 5.30. The summed E-state index contributed by atoms with van der Waals surface area (Å²) in [5.41, 5.74) is 2.33. The molecule has 0 aromatic carbocycles. The highest BCUT2D eigenvalue weighted by Crippen LogP contribution is 2.45. The lowest BCUT2D eigenvalue weighted by atomic mass is 9.63. The monoisotopic (exact) mass is 220 g/mol. The van der Waals surface area contributed by atoms with Gasteiger partial charge in [-0.15, -0.1) is 0 Å². The van der Waals surface area contributed by atoms with Gasteiger partial charge in [0.2, 0.25) is 0 Å². The molecule has 0 unspecified atom stereocenters. The molecule has 1 N–H and O–H groups in total. The van der Waals surface area contributed by atoms with Gasteiger partial charge >= 0.3 is 0 Å². The summed E-state index contributed by atoms with van der Waals surface area (Å²) >= 11 is 0. The zero-order valence-electron chi connectivity index (χ0n) is 10.1. The van der Waals surface area contributed by atoms with Gasteiger partial charge in [0.25, 0.3) is 0 Å². The first-order chi connectivity index (χ1) is 7.50. The van der Waals surface area contributed by atoms with Gasteiger partial charge < -0.3 is 5.11 Å². The molecule has 0 heterocycles. The molecule has 2 rings (SSSR count). The number of Topliss-reactive ketones (excluding diaryl/α,β-unsaturated/α-hetero) is 1. The van der Waals surface area contributed by atoms with Crippen molar-refractivity contribution in [2.75, 3.05) is 0 Å². The van der Waals surface area contributed by atoms with Gasteiger partial charge in [-0.2, -0.15) is 0 Å². The molecule has 2 nitrogen and oxygen atoms in total.